The number of rotatable bonds is 3. The minimum Gasteiger partial charge on any atom is -0.305 e. The minimum atomic E-state index is 0.309. The van der Waals surface area contributed by atoms with Gasteiger partial charge >= 0.3 is 0 Å². The normalized spacial score (nSPS) is 20.4. The molecule has 1 nitrogen and oxygen atoms in total. The highest BCUT2D eigenvalue weighted by Gasteiger charge is 2.35. The zero-order chi connectivity index (χ0) is 14.0. The highest BCUT2D eigenvalue weighted by Crippen LogP contribution is 2.43. The van der Waals surface area contributed by atoms with Crippen molar-refractivity contribution in [1.82, 2.24) is 5.32 Å². The van der Waals surface area contributed by atoms with Crippen LogP contribution < -0.4 is 5.32 Å². The Kier molecular flexibility index (Phi) is 3.62. The fraction of sp³-hybridized carbons (Fsp3) is 0.368. The Bertz CT molecular complexity index is 571. The van der Waals surface area contributed by atoms with Gasteiger partial charge in [-0.05, 0) is 34.9 Å². The Hall–Kier alpha value is -1.60. The van der Waals surface area contributed by atoms with Crippen LogP contribution in [0.15, 0.2) is 54.6 Å². The van der Waals surface area contributed by atoms with E-state index in [4.69, 9.17) is 0 Å². The number of hydrogen-bond donors (Lipinski definition) is 1. The van der Waals surface area contributed by atoms with E-state index in [9.17, 15) is 0 Å². The van der Waals surface area contributed by atoms with Gasteiger partial charge in [0.15, 0.2) is 0 Å². The lowest BCUT2D eigenvalue weighted by atomic mass is 9.70. The summed E-state index contributed by atoms with van der Waals surface area (Å²) in [6, 6.07) is 20.0. The van der Waals surface area contributed by atoms with Crippen molar-refractivity contribution in [3.8, 4) is 0 Å². The maximum absolute atomic E-state index is 3.78. The molecule has 2 aromatic rings. The molecule has 0 bridgehead atoms. The topological polar surface area (TPSA) is 12.0 Å². The highest BCUT2D eigenvalue weighted by molar-refractivity contribution is 5.34. The van der Waals surface area contributed by atoms with Crippen molar-refractivity contribution in [3.05, 3.63) is 71.3 Å². The van der Waals surface area contributed by atoms with E-state index in [1.807, 2.05) is 0 Å². The lowest BCUT2D eigenvalue weighted by Gasteiger charge is -2.40. The van der Waals surface area contributed by atoms with Crippen LogP contribution in [0, 0.1) is 5.41 Å². The Morgan fingerprint density at radius 1 is 1.00 bits per heavy atom. The predicted octanol–water partition coefficient (Wildman–Crippen LogP) is 4.49. The number of benzene rings is 2. The van der Waals surface area contributed by atoms with Crippen LogP contribution in [0.3, 0.4) is 0 Å². The second-order valence-corrected chi connectivity index (χ2v) is 6.49. The third kappa shape index (κ3) is 2.64. The summed E-state index contributed by atoms with van der Waals surface area (Å²) in [7, 11) is 0. The van der Waals surface area contributed by atoms with E-state index in [-0.39, 0.29) is 0 Å². The second-order valence-electron chi connectivity index (χ2n) is 6.49. The summed E-state index contributed by atoms with van der Waals surface area (Å²) in [5.41, 5.74) is 4.66. The molecule has 0 fully saturated rings. The van der Waals surface area contributed by atoms with E-state index in [1.165, 1.54) is 29.5 Å². The van der Waals surface area contributed by atoms with Crippen molar-refractivity contribution < 1.29 is 0 Å². The van der Waals surface area contributed by atoms with Gasteiger partial charge < -0.3 is 5.32 Å². The van der Waals surface area contributed by atoms with Gasteiger partial charge in [-0.2, -0.15) is 0 Å². The van der Waals surface area contributed by atoms with Crippen molar-refractivity contribution in [2.75, 3.05) is 0 Å². The maximum atomic E-state index is 3.78. The lowest BCUT2D eigenvalue weighted by Crippen LogP contribution is -2.37. The van der Waals surface area contributed by atoms with Crippen LogP contribution in [0.1, 0.15) is 43.0 Å². The molecule has 0 aromatic heterocycles. The molecule has 20 heavy (non-hydrogen) atoms. The summed E-state index contributed by atoms with van der Waals surface area (Å²) < 4.78 is 0. The minimum absolute atomic E-state index is 0.309. The van der Waals surface area contributed by atoms with Gasteiger partial charge in [-0.3, -0.25) is 0 Å². The van der Waals surface area contributed by atoms with E-state index in [2.05, 4.69) is 73.8 Å². The summed E-state index contributed by atoms with van der Waals surface area (Å²) in [5, 5.41) is 3.78. The van der Waals surface area contributed by atoms with Gasteiger partial charge in [0.1, 0.15) is 0 Å². The van der Waals surface area contributed by atoms with E-state index >= 15 is 0 Å². The molecule has 0 saturated carbocycles. The summed E-state index contributed by atoms with van der Waals surface area (Å²) >= 11 is 0. The third-order valence-corrected chi connectivity index (χ3v) is 4.54. The average Bonchev–Trinajstić information content (AvgIpc) is 2.47. The van der Waals surface area contributed by atoms with Gasteiger partial charge in [0.05, 0.1) is 0 Å². The molecule has 0 aliphatic heterocycles. The molecule has 2 aromatic carbocycles. The first-order chi connectivity index (χ1) is 9.67. The van der Waals surface area contributed by atoms with Gasteiger partial charge in [-0.25, -0.2) is 0 Å². The van der Waals surface area contributed by atoms with E-state index in [0.717, 1.165) is 6.54 Å². The molecule has 0 radical (unpaired) electrons. The van der Waals surface area contributed by atoms with Crippen LogP contribution in [-0.4, -0.2) is 0 Å². The predicted molar refractivity (Wildman–Crippen MR) is 84.6 cm³/mol. The number of fused-ring (bicyclic) bond motifs is 1. The summed E-state index contributed by atoms with van der Waals surface area (Å²) in [6.45, 7) is 5.69. The monoisotopic (exact) mass is 265 g/mol. The van der Waals surface area contributed by atoms with Crippen LogP contribution in [0.25, 0.3) is 0 Å². The highest BCUT2D eigenvalue weighted by atomic mass is 14.9. The second kappa shape index (κ2) is 5.41. The fourth-order valence-electron chi connectivity index (χ4n) is 3.27. The van der Waals surface area contributed by atoms with Crippen LogP contribution in [0.5, 0.6) is 0 Å². The van der Waals surface area contributed by atoms with Gasteiger partial charge in [0, 0.05) is 12.6 Å². The Morgan fingerprint density at radius 3 is 2.50 bits per heavy atom. The van der Waals surface area contributed by atoms with Gasteiger partial charge in [-0.15, -0.1) is 0 Å². The number of nitrogens with one attached hydrogen (secondary N) is 1. The zero-order valence-corrected chi connectivity index (χ0v) is 12.4. The molecule has 0 saturated heterocycles. The molecule has 1 unspecified atom stereocenters. The summed E-state index contributed by atoms with van der Waals surface area (Å²) in [4.78, 5) is 0. The van der Waals surface area contributed by atoms with E-state index < -0.39 is 0 Å². The van der Waals surface area contributed by atoms with Gasteiger partial charge in [0.2, 0.25) is 0 Å². The van der Waals surface area contributed by atoms with Crippen molar-refractivity contribution >= 4 is 0 Å². The smallest absolute Gasteiger partial charge is 0.0377 e. The summed E-state index contributed by atoms with van der Waals surface area (Å²) in [5.74, 6) is 0. The SMILES string of the molecule is CC1(C)CCc2ccccc2C1NCc1ccccc1. The van der Waals surface area contributed by atoms with Gasteiger partial charge in [-0.1, -0.05) is 68.4 Å². The largest absolute Gasteiger partial charge is 0.305 e. The average molecular weight is 265 g/mol. The Balaban J connectivity index is 1.83. The van der Waals surface area contributed by atoms with Crippen LogP contribution in [0.2, 0.25) is 0 Å². The van der Waals surface area contributed by atoms with Crippen LogP contribution in [0.4, 0.5) is 0 Å². The summed E-state index contributed by atoms with van der Waals surface area (Å²) in [6.07, 6.45) is 2.45. The lowest BCUT2D eigenvalue weighted by molar-refractivity contribution is 0.208. The Labute approximate surface area is 122 Å². The Morgan fingerprint density at radius 2 is 1.70 bits per heavy atom. The molecular weight excluding hydrogens is 242 g/mol. The first-order valence-electron chi connectivity index (χ1n) is 7.52. The van der Waals surface area contributed by atoms with Crippen molar-refractivity contribution in [1.29, 1.82) is 0 Å². The maximum Gasteiger partial charge on any atom is 0.0377 e. The molecule has 1 heteroatoms. The molecule has 1 atom stereocenters. The number of aryl methyl sites for hydroxylation is 1. The first kappa shape index (κ1) is 13.4. The molecule has 0 amide bonds. The van der Waals surface area contributed by atoms with Gasteiger partial charge in [0.25, 0.3) is 0 Å². The molecule has 104 valence electrons. The molecule has 0 spiro atoms. The van der Waals surface area contributed by atoms with E-state index in [0.29, 0.717) is 11.5 Å². The van der Waals surface area contributed by atoms with Crippen molar-refractivity contribution in [3.63, 3.8) is 0 Å². The molecule has 1 N–H and O–H groups in total. The molecule has 1 aliphatic carbocycles. The van der Waals surface area contributed by atoms with Crippen LogP contribution >= 0.6 is 0 Å². The number of hydrogen-bond acceptors (Lipinski definition) is 1. The van der Waals surface area contributed by atoms with Crippen molar-refractivity contribution in [2.24, 2.45) is 5.41 Å². The quantitative estimate of drug-likeness (QED) is 0.862. The van der Waals surface area contributed by atoms with Crippen molar-refractivity contribution in [2.45, 2.75) is 39.3 Å². The fourth-order valence-corrected chi connectivity index (χ4v) is 3.27. The van der Waals surface area contributed by atoms with E-state index in [1.54, 1.807) is 0 Å². The molecule has 1 aliphatic rings. The zero-order valence-electron chi connectivity index (χ0n) is 12.4. The molecular formula is C19H23N. The standard InChI is InChI=1S/C19H23N/c1-19(2)13-12-16-10-6-7-11-17(16)18(19)20-14-15-8-4-3-5-9-15/h3-11,18,20H,12-14H2,1-2H3. The van der Waals surface area contributed by atoms with Crippen LogP contribution in [-0.2, 0) is 13.0 Å². The molecule has 0 heterocycles. The molecule has 3 rings (SSSR count). The third-order valence-electron chi connectivity index (χ3n) is 4.54. The first-order valence-corrected chi connectivity index (χ1v) is 7.52.